The maximum atomic E-state index is 13.7. The normalized spacial score (nSPS) is 16.8. The Kier molecular flexibility index (Phi) is 3.97. The summed E-state index contributed by atoms with van der Waals surface area (Å²) in [5.41, 5.74) is 0.0375. The quantitative estimate of drug-likeness (QED) is 0.853. The molecule has 0 saturated heterocycles. The van der Waals surface area contributed by atoms with E-state index in [4.69, 9.17) is 16.3 Å². The summed E-state index contributed by atoms with van der Waals surface area (Å²) in [4.78, 5) is 0. The van der Waals surface area contributed by atoms with Crippen LogP contribution in [0.4, 0.5) is 4.39 Å². The number of fused-ring (bicyclic) bond motifs is 1. The number of sulfonamides is 1. The SMILES string of the molecule is CCS(=O)(=O)N(C)C1=CC(C)(C)Oc2cc(Cl)c(F)cc21. The summed E-state index contributed by atoms with van der Waals surface area (Å²) in [6.07, 6.45) is 1.66. The third-order valence-electron chi connectivity index (χ3n) is 3.28. The molecule has 1 aliphatic heterocycles. The van der Waals surface area contributed by atoms with Gasteiger partial charge in [-0.25, -0.2) is 12.8 Å². The smallest absolute Gasteiger partial charge is 0.234 e. The monoisotopic (exact) mass is 333 g/mol. The fourth-order valence-electron chi connectivity index (χ4n) is 2.14. The van der Waals surface area contributed by atoms with Crippen molar-refractivity contribution < 1.29 is 17.5 Å². The summed E-state index contributed by atoms with van der Waals surface area (Å²) in [7, 11) is -2.01. The molecular formula is C14H17ClFNO3S. The molecule has 0 saturated carbocycles. The van der Waals surface area contributed by atoms with Crippen LogP contribution in [-0.4, -0.2) is 31.1 Å². The molecule has 0 spiro atoms. The number of hydrogen-bond acceptors (Lipinski definition) is 3. The van der Waals surface area contributed by atoms with E-state index in [0.29, 0.717) is 17.0 Å². The van der Waals surface area contributed by atoms with Crippen molar-refractivity contribution in [1.82, 2.24) is 4.31 Å². The highest BCUT2D eigenvalue weighted by Crippen LogP contribution is 2.40. The third kappa shape index (κ3) is 3.01. The first-order valence-electron chi connectivity index (χ1n) is 6.45. The molecule has 7 heteroatoms. The van der Waals surface area contributed by atoms with Gasteiger partial charge in [0.05, 0.1) is 16.5 Å². The maximum absolute atomic E-state index is 13.7. The van der Waals surface area contributed by atoms with Gasteiger partial charge in [-0.3, -0.25) is 4.31 Å². The van der Waals surface area contributed by atoms with Gasteiger partial charge in [-0.05, 0) is 32.9 Å². The number of nitrogens with zero attached hydrogens (tertiary/aromatic N) is 1. The number of halogens is 2. The Morgan fingerprint density at radius 3 is 2.57 bits per heavy atom. The van der Waals surface area contributed by atoms with Crippen LogP contribution in [0.15, 0.2) is 18.2 Å². The summed E-state index contributed by atoms with van der Waals surface area (Å²) < 4.78 is 44.8. The Morgan fingerprint density at radius 1 is 1.38 bits per heavy atom. The second-order valence-corrected chi connectivity index (χ2v) is 8.06. The fraction of sp³-hybridized carbons (Fsp3) is 0.429. The summed E-state index contributed by atoms with van der Waals surface area (Å²) in [6.45, 7) is 5.14. The van der Waals surface area contributed by atoms with E-state index < -0.39 is 21.4 Å². The zero-order valence-electron chi connectivity index (χ0n) is 12.3. The zero-order chi connectivity index (χ0) is 16.0. The molecule has 0 fully saturated rings. The van der Waals surface area contributed by atoms with Gasteiger partial charge in [0.25, 0.3) is 0 Å². The summed E-state index contributed by atoms with van der Waals surface area (Å²) >= 11 is 5.78. The lowest BCUT2D eigenvalue weighted by Gasteiger charge is -2.34. The second-order valence-electron chi connectivity index (χ2n) is 5.37. The van der Waals surface area contributed by atoms with E-state index >= 15 is 0 Å². The first-order chi connectivity index (χ1) is 9.57. The van der Waals surface area contributed by atoms with Crippen molar-refractivity contribution in [1.29, 1.82) is 0 Å². The molecule has 1 heterocycles. The Balaban J connectivity index is 2.65. The Bertz CT molecular complexity index is 713. The van der Waals surface area contributed by atoms with Gasteiger partial charge >= 0.3 is 0 Å². The first-order valence-corrected chi connectivity index (χ1v) is 8.44. The van der Waals surface area contributed by atoms with E-state index in [1.807, 2.05) is 0 Å². The molecule has 0 radical (unpaired) electrons. The Hall–Kier alpha value is -1.27. The molecule has 0 bridgehead atoms. The summed E-state index contributed by atoms with van der Waals surface area (Å²) in [6, 6.07) is 2.56. The molecule has 0 amide bonds. The highest BCUT2D eigenvalue weighted by Gasteiger charge is 2.32. The van der Waals surface area contributed by atoms with Crippen molar-refractivity contribution in [2.24, 2.45) is 0 Å². The van der Waals surface area contributed by atoms with Gasteiger partial charge in [0, 0.05) is 18.7 Å². The minimum absolute atomic E-state index is 0.0481. The summed E-state index contributed by atoms with van der Waals surface area (Å²) in [5.74, 6) is -0.304. The van der Waals surface area contributed by atoms with Crippen molar-refractivity contribution in [3.05, 3.63) is 34.6 Å². The minimum atomic E-state index is -3.46. The van der Waals surface area contributed by atoms with E-state index in [1.54, 1.807) is 26.8 Å². The number of rotatable bonds is 3. The van der Waals surface area contributed by atoms with Crippen LogP contribution < -0.4 is 4.74 Å². The molecule has 0 atom stereocenters. The van der Waals surface area contributed by atoms with Gasteiger partial charge in [-0.1, -0.05) is 11.6 Å². The molecule has 2 rings (SSSR count). The van der Waals surface area contributed by atoms with Gasteiger partial charge in [0.1, 0.15) is 17.2 Å². The lowest BCUT2D eigenvalue weighted by Crippen LogP contribution is -2.35. The van der Waals surface area contributed by atoms with Crippen LogP contribution >= 0.6 is 11.6 Å². The standard InChI is InChI=1S/C14H17ClFNO3S/c1-5-21(18,19)17(4)12-8-14(2,3)20-13-7-10(15)11(16)6-9(12)13/h6-8H,5H2,1-4H3. The predicted octanol–water partition coefficient (Wildman–Crippen LogP) is 3.27. The van der Waals surface area contributed by atoms with Crippen LogP contribution in [0.2, 0.25) is 5.02 Å². The van der Waals surface area contributed by atoms with Crippen LogP contribution in [0.3, 0.4) is 0 Å². The molecule has 1 aromatic rings. The van der Waals surface area contributed by atoms with Crippen molar-refractivity contribution in [3.8, 4) is 5.75 Å². The number of ether oxygens (including phenoxy) is 1. The molecule has 0 aliphatic carbocycles. The Labute approximate surface area is 129 Å². The molecular weight excluding hydrogens is 317 g/mol. The zero-order valence-corrected chi connectivity index (χ0v) is 13.8. The van der Waals surface area contributed by atoms with Gasteiger partial charge in [0.2, 0.25) is 10.0 Å². The van der Waals surface area contributed by atoms with Gasteiger partial charge < -0.3 is 4.74 Å². The Morgan fingerprint density at radius 2 is 2.00 bits per heavy atom. The highest BCUT2D eigenvalue weighted by atomic mass is 35.5. The van der Waals surface area contributed by atoms with Crippen LogP contribution in [0.1, 0.15) is 26.3 Å². The molecule has 0 N–H and O–H groups in total. The first kappa shape index (κ1) is 16.1. The van der Waals surface area contributed by atoms with Crippen LogP contribution in [-0.2, 0) is 10.0 Å². The fourth-order valence-corrected chi connectivity index (χ4v) is 3.13. The highest BCUT2D eigenvalue weighted by molar-refractivity contribution is 7.89. The lowest BCUT2D eigenvalue weighted by molar-refractivity contribution is 0.156. The number of hydrogen-bond donors (Lipinski definition) is 0. The molecule has 21 heavy (non-hydrogen) atoms. The van der Waals surface area contributed by atoms with Crippen molar-refractivity contribution in [2.75, 3.05) is 12.8 Å². The van der Waals surface area contributed by atoms with Gasteiger partial charge in [0.15, 0.2) is 0 Å². The average Bonchev–Trinajstić information content (AvgIpc) is 2.38. The summed E-state index contributed by atoms with van der Waals surface area (Å²) in [5, 5.41) is -0.0631. The van der Waals surface area contributed by atoms with Crippen LogP contribution in [0.25, 0.3) is 5.70 Å². The largest absolute Gasteiger partial charge is 0.483 e. The van der Waals surface area contributed by atoms with E-state index in [0.717, 1.165) is 4.31 Å². The molecule has 1 aromatic carbocycles. The van der Waals surface area contributed by atoms with Crippen molar-refractivity contribution in [2.45, 2.75) is 26.4 Å². The second kappa shape index (κ2) is 5.18. The maximum Gasteiger partial charge on any atom is 0.234 e. The molecule has 0 aromatic heterocycles. The van der Waals surface area contributed by atoms with Crippen molar-refractivity contribution in [3.63, 3.8) is 0 Å². The predicted molar refractivity (Wildman–Crippen MR) is 81.3 cm³/mol. The van der Waals surface area contributed by atoms with Crippen LogP contribution in [0.5, 0.6) is 5.75 Å². The van der Waals surface area contributed by atoms with Gasteiger partial charge in [-0.15, -0.1) is 0 Å². The third-order valence-corrected chi connectivity index (χ3v) is 5.33. The number of benzene rings is 1. The van der Waals surface area contributed by atoms with Crippen molar-refractivity contribution >= 4 is 27.3 Å². The molecule has 4 nitrogen and oxygen atoms in total. The van der Waals surface area contributed by atoms with E-state index in [2.05, 4.69) is 0 Å². The van der Waals surface area contributed by atoms with Gasteiger partial charge in [-0.2, -0.15) is 0 Å². The lowest BCUT2D eigenvalue weighted by atomic mass is 9.99. The average molecular weight is 334 g/mol. The van der Waals surface area contributed by atoms with E-state index in [1.165, 1.54) is 19.2 Å². The van der Waals surface area contributed by atoms with E-state index in [9.17, 15) is 12.8 Å². The van der Waals surface area contributed by atoms with E-state index in [-0.39, 0.29) is 10.8 Å². The molecule has 1 aliphatic rings. The topological polar surface area (TPSA) is 46.6 Å². The minimum Gasteiger partial charge on any atom is -0.483 e. The molecule has 0 unspecified atom stereocenters. The van der Waals surface area contributed by atoms with Crippen LogP contribution in [0, 0.1) is 5.82 Å². The molecule has 116 valence electrons.